The first-order valence-corrected chi connectivity index (χ1v) is 30.0. The van der Waals surface area contributed by atoms with E-state index in [9.17, 15) is 0 Å². The molecule has 1 aliphatic carbocycles. The summed E-state index contributed by atoms with van der Waals surface area (Å²) >= 11 is 0. The topological polar surface area (TPSA) is 6.48 Å². The zero-order valence-corrected chi connectivity index (χ0v) is 48.2. The molecule has 9 aromatic rings. The maximum absolute atomic E-state index is 2.59. The van der Waals surface area contributed by atoms with Gasteiger partial charge < -0.3 is 9.80 Å². The summed E-state index contributed by atoms with van der Waals surface area (Å²) in [6.07, 6.45) is 18.3. The fraction of sp³-hybridized carbons (Fsp3) is 0.299. The highest BCUT2D eigenvalue weighted by Crippen LogP contribution is 2.55. The van der Waals surface area contributed by atoms with E-state index in [-0.39, 0.29) is 16.2 Å². The van der Waals surface area contributed by atoms with Crippen molar-refractivity contribution in [1.29, 1.82) is 0 Å². The third-order valence-electron chi connectivity index (χ3n) is 17.7. The van der Waals surface area contributed by atoms with Gasteiger partial charge in [0.2, 0.25) is 0 Å². The molecule has 10 rings (SSSR count). The molecule has 0 heterocycles. The van der Waals surface area contributed by atoms with Gasteiger partial charge in [-0.05, 0) is 147 Å². The zero-order valence-electron chi connectivity index (χ0n) is 48.2. The fourth-order valence-corrected chi connectivity index (χ4v) is 12.8. The van der Waals surface area contributed by atoms with Crippen molar-refractivity contribution in [3.05, 3.63) is 264 Å². The van der Waals surface area contributed by atoms with Gasteiger partial charge in [-0.1, -0.05) is 270 Å². The van der Waals surface area contributed by atoms with Crippen LogP contribution in [0.15, 0.2) is 231 Å². The Kier molecular flexibility index (Phi) is 17.5. The van der Waals surface area contributed by atoms with Crippen LogP contribution in [-0.4, -0.2) is 0 Å². The van der Waals surface area contributed by atoms with Crippen molar-refractivity contribution in [2.75, 3.05) is 9.80 Å². The van der Waals surface area contributed by atoms with Crippen LogP contribution in [-0.2, 0) is 16.2 Å². The molecule has 0 N–H and O–H groups in total. The smallest absolute Gasteiger partial charge is 0.0463 e. The monoisotopic (exact) mass is 1040 g/mol. The van der Waals surface area contributed by atoms with Crippen LogP contribution in [0.5, 0.6) is 0 Å². The van der Waals surface area contributed by atoms with Gasteiger partial charge in [0, 0.05) is 50.4 Å². The van der Waals surface area contributed by atoms with Crippen LogP contribution in [0.1, 0.15) is 165 Å². The van der Waals surface area contributed by atoms with Crippen LogP contribution in [0, 0.1) is 0 Å². The van der Waals surface area contributed by atoms with Gasteiger partial charge in [-0.25, -0.2) is 0 Å². The number of fused-ring (bicyclic) bond motifs is 3. The van der Waals surface area contributed by atoms with E-state index in [1.54, 1.807) is 11.1 Å². The minimum Gasteiger partial charge on any atom is -0.311 e. The second-order valence-corrected chi connectivity index (χ2v) is 23.6. The Hall–Kier alpha value is -7.42. The maximum Gasteiger partial charge on any atom is 0.0463 e. The molecule has 0 saturated heterocycles. The third-order valence-corrected chi connectivity index (χ3v) is 17.7. The highest BCUT2D eigenvalue weighted by Gasteiger charge is 2.42. The van der Waals surface area contributed by atoms with Crippen LogP contribution in [0.4, 0.5) is 34.1 Å². The van der Waals surface area contributed by atoms with Crippen LogP contribution in [0.25, 0.3) is 22.3 Å². The van der Waals surface area contributed by atoms with E-state index in [0.29, 0.717) is 0 Å². The second-order valence-electron chi connectivity index (χ2n) is 23.6. The zero-order chi connectivity index (χ0) is 54.7. The van der Waals surface area contributed by atoms with E-state index in [1.807, 2.05) is 0 Å². The Labute approximate surface area is 475 Å². The molecule has 402 valence electrons. The van der Waals surface area contributed by atoms with Gasteiger partial charge in [-0.15, -0.1) is 0 Å². The van der Waals surface area contributed by atoms with Gasteiger partial charge >= 0.3 is 0 Å². The lowest BCUT2D eigenvalue weighted by molar-refractivity contribution is 0.398. The average Bonchev–Trinajstić information content (AvgIpc) is 3.85. The molecule has 0 bridgehead atoms. The quantitative estimate of drug-likeness (QED) is 0.0527. The minimum atomic E-state index is -0.143. The molecule has 0 unspecified atom stereocenters. The summed E-state index contributed by atoms with van der Waals surface area (Å²) in [4.78, 5) is 4.79. The number of benzene rings is 9. The van der Waals surface area contributed by atoms with Gasteiger partial charge in [0.15, 0.2) is 0 Å². The van der Waals surface area contributed by atoms with Crippen molar-refractivity contribution in [2.24, 2.45) is 0 Å². The summed E-state index contributed by atoms with van der Waals surface area (Å²) in [6, 6.07) is 86.2. The highest BCUT2D eigenvalue weighted by molar-refractivity contribution is 5.86. The van der Waals surface area contributed by atoms with Gasteiger partial charge in [-0.3, -0.25) is 0 Å². The van der Waals surface area contributed by atoms with Crippen molar-refractivity contribution in [2.45, 2.75) is 148 Å². The first-order valence-electron chi connectivity index (χ1n) is 30.0. The van der Waals surface area contributed by atoms with Crippen LogP contribution in [0.2, 0.25) is 0 Å². The number of hydrogen-bond donors (Lipinski definition) is 0. The van der Waals surface area contributed by atoms with Crippen molar-refractivity contribution in [3.63, 3.8) is 0 Å². The van der Waals surface area contributed by atoms with E-state index in [2.05, 4.69) is 282 Å². The number of hydrogen-bond acceptors (Lipinski definition) is 2. The summed E-state index contributed by atoms with van der Waals surface area (Å²) in [5.74, 6) is 0. The van der Waals surface area contributed by atoms with Gasteiger partial charge in [0.1, 0.15) is 0 Å². The molecule has 0 fully saturated rings. The lowest BCUT2D eigenvalue weighted by Gasteiger charge is -2.33. The molecule has 0 saturated carbocycles. The summed E-state index contributed by atoms with van der Waals surface area (Å²) in [5, 5.41) is 0. The fourth-order valence-electron chi connectivity index (χ4n) is 12.8. The summed E-state index contributed by atoms with van der Waals surface area (Å²) < 4.78 is 0. The second kappa shape index (κ2) is 25.1. The summed E-state index contributed by atoms with van der Waals surface area (Å²) in [5.41, 5.74) is 20.2. The predicted molar refractivity (Wildman–Crippen MR) is 341 cm³/mol. The Morgan fingerprint density at radius 2 is 0.620 bits per heavy atom. The molecule has 1 aliphatic rings. The maximum atomic E-state index is 2.59. The van der Waals surface area contributed by atoms with Crippen molar-refractivity contribution >= 4 is 34.1 Å². The number of para-hydroxylation sites is 1. The standard InChI is InChI=1S/C77H84N2/c1-7-9-11-13-15-28-56-77(57-29-16-14-12-10-8-2)73-37-27-26-36-71(73)72-55-40-60(58-74(72)77)59-38-45-66(46-39-59)78(65-34-24-19-25-35-65)69-51-53-70(54-52-69)79(67-47-41-63(42-48-67)75(3,4)61-30-20-17-21-31-61)68-49-43-64(44-50-68)76(5,6)62-32-22-18-23-33-62/h17-27,30-55,58H,7-16,28-29,56-57H2,1-6H3. The third kappa shape index (κ3) is 12.0. The van der Waals surface area contributed by atoms with Gasteiger partial charge in [0.05, 0.1) is 0 Å². The predicted octanol–water partition coefficient (Wildman–Crippen LogP) is 22.7. The first kappa shape index (κ1) is 54.9. The van der Waals surface area contributed by atoms with Crippen molar-refractivity contribution in [3.8, 4) is 22.3 Å². The SMILES string of the molecule is CCCCCCCCC1(CCCCCCCC)c2ccccc2-c2ccc(-c3ccc(N(c4ccccc4)c4ccc(N(c5ccc(C(C)(C)c6ccccc6)cc5)c5ccc(C(C)(C)c6ccccc6)cc5)cc4)cc3)cc21. The minimum absolute atomic E-state index is 0.0503. The van der Waals surface area contributed by atoms with Crippen LogP contribution < -0.4 is 9.80 Å². The van der Waals surface area contributed by atoms with E-state index in [0.717, 1.165) is 34.1 Å². The van der Waals surface area contributed by atoms with E-state index in [4.69, 9.17) is 0 Å². The largest absolute Gasteiger partial charge is 0.311 e. The lowest BCUT2D eigenvalue weighted by atomic mass is 9.70. The van der Waals surface area contributed by atoms with Gasteiger partial charge in [0.25, 0.3) is 0 Å². The molecule has 79 heavy (non-hydrogen) atoms. The molecule has 2 nitrogen and oxygen atoms in total. The molecule has 2 heteroatoms. The van der Waals surface area contributed by atoms with Crippen molar-refractivity contribution in [1.82, 2.24) is 0 Å². The Morgan fingerprint density at radius 3 is 1.08 bits per heavy atom. The number of nitrogens with zero attached hydrogens (tertiary/aromatic N) is 2. The molecule has 0 aromatic heterocycles. The van der Waals surface area contributed by atoms with E-state index >= 15 is 0 Å². The van der Waals surface area contributed by atoms with E-state index < -0.39 is 0 Å². The first-order chi connectivity index (χ1) is 38.6. The summed E-state index contributed by atoms with van der Waals surface area (Å²) in [6.45, 7) is 13.9. The van der Waals surface area contributed by atoms with Crippen LogP contribution >= 0.6 is 0 Å². The van der Waals surface area contributed by atoms with Crippen LogP contribution in [0.3, 0.4) is 0 Å². The molecule has 0 spiro atoms. The number of rotatable bonds is 25. The number of anilines is 6. The molecule has 9 aromatic carbocycles. The van der Waals surface area contributed by atoms with Crippen molar-refractivity contribution < 1.29 is 0 Å². The molecule has 0 atom stereocenters. The average molecular weight is 1040 g/mol. The highest BCUT2D eigenvalue weighted by atomic mass is 15.2. The lowest BCUT2D eigenvalue weighted by Crippen LogP contribution is -2.25. The molecule has 0 amide bonds. The Balaban J connectivity index is 0.970. The van der Waals surface area contributed by atoms with E-state index in [1.165, 1.54) is 134 Å². The normalized spacial score (nSPS) is 12.7. The summed E-state index contributed by atoms with van der Waals surface area (Å²) in [7, 11) is 0. The van der Waals surface area contributed by atoms with Gasteiger partial charge in [-0.2, -0.15) is 0 Å². The molecule has 0 radical (unpaired) electrons. The molecule has 0 aliphatic heterocycles. The molecular formula is C77H84N2. The number of unbranched alkanes of at least 4 members (excludes halogenated alkanes) is 10. The Morgan fingerprint density at radius 1 is 0.291 bits per heavy atom. The molecular weight excluding hydrogens is 953 g/mol. The Bertz CT molecular complexity index is 3210.